The van der Waals surface area contributed by atoms with E-state index in [9.17, 15) is 8.42 Å². The van der Waals surface area contributed by atoms with E-state index in [2.05, 4.69) is 14.8 Å². The third kappa shape index (κ3) is 3.87. The smallest absolute Gasteiger partial charge is 0.244 e. The molecule has 0 saturated carbocycles. The van der Waals surface area contributed by atoms with Crippen molar-refractivity contribution in [2.24, 2.45) is 7.05 Å². The van der Waals surface area contributed by atoms with Gasteiger partial charge in [-0.15, -0.1) is 0 Å². The highest BCUT2D eigenvalue weighted by Gasteiger charge is 2.20. The highest BCUT2D eigenvalue weighted by molar-refractivity contribution is 7.89. The van der Waals surface area contributed by atoms with Gasteiger partial charge in [0.05, 0.1) is 19.0 Å². The van der Waals surface area contributed by atoms with Crippen LogP contribution in [0.25, 0.3) is 11.3 Å². The highest BCUT2D eigenvalue weighted by atomic mass is 35.5. The number of hydrogen-bond donors (Lipinski definition) is 1. The second-order valence-corrected chi connectivity index (χ2v) is 7.71. The molecule has 0 aliphatic carbocycles. The van der Waals surface area contributed by atoms with Gasteiger partial charge in [-0.25, -0.2) is 13.1 Å². The lowest BCUT2D eigenvalue weighted by Gasteiger charge is -2.12. The minimum absolute atomic E-state index is 0.0145. The Balaban J connectivity index is 1.89. The van der Waals surface area contributed by atoms with Crippen molar-refractivity contribution < 1.29 is 13.2 Å². The molecule has 0 aliphatic rings. The normalized spacial score (nSPS) is 11.5. The number of pyridine rings is 1. The van der Waals surface area contributed by atoms with Crippen LogP contribution in [0.5, 0.6) is 5.75 Å². The molecular formula is C17H17ClN4O3S. The van der Waals surface area contributed by atoms with Gasteiger partial charge in [-0.1, -0.05) is 17.7 Å². The number of aryl methyl sites for hydroxylation is 1. The summed E-state index contributed by atoms with van der Waals surface area (Å²) in [7, 11) is -0.613. The summed E-state index contributed by atoms with van der Waals surface area (Å²) >= 11 is 5.94. The molecule has 3 rings (SSSR count). The van der Waals surface area contributed by atoms with Gasteiger partial charge in [0.1, 0.15) is 10.6 Å². The zero-order valence-electron chi connectivity index (χ0n) is 14.2. The molecule has 0 bridgehead atoms. The van der Waals surface area contributed by atoms with Crippen LogP contribution in [0.1, 0.15) is 5.56 Å². The lowest BCUT2D eigenvalue weighted by atomic mass is 10.1. The maximum atomic E-state index is 12.7. The summed E-state index contributed by atoms with van der Waals surface area (Å²) in [6.07, 6.45) is 5.15. The fourth-order valence-electron chi connectivity index (χ4n) is 2.50. The Morgan fingerprint density at radius 2 is 2.12 bits per heavy atom. The fraction of sp³-hybridized carbons (Fsp3) is 0.176. The lowest BCUT2D eigenvalue weighted by molar-refractivity contribution is 0.402. The van der Waals surface area contributed by atoms with Crippen molar-refractivity contribution in [3.8, 4) is 17.0 Å². The first-order valence-corrected chi connectivity index (χ1v) is 9.53. The van der Waals surface area contributed by atoms with Crippen LogP contribution in [-0.4, -0.2) is 30.3 Å². The molecule has 2 heterocycles. The zero-order valence-corrected chi connectivity index (χ0v) is 15.8. The first-order chi connectivity index (χ1) is 12.4. The molecule has 1 N–H and O–H groups in total. The lowest BCUT2D eigenvalue weighted by Crippen LogP contribution is -2.24. The number of halogens is 1. The van der Waals surface area contributed by atoms with E-state index in [1.165, 1.54) is 19.2 Å². The van der Waals surface area contributed by atoms with E-state index < -0.39 is 10.0 Å². The quantitative estimate of drug-likeness (QED) is 0.696. The van der Waals surface area contributed by atoms with Crippen molar-refractivity contribution in [2.75, 3.05) is 7.11 Å². The topological polar surface area (TPSA) is 86.1 Å². The average Bonchev–Trinajstić information content (AvgIpc) is 3.06. The Morgan fingerprint density at radius 1 is 1.31 bits per heavy atom. The predicted molar refractivity (Wildman–Crippen MR) is 98.5 cm³/mol. The van der Waals surface area contributed by atoms with E-state index in [0.29, 0.717) is 10.7 Å². The number of aromatic nitrogens is 3. The van der Waals surface area contributed by atoms with Gasteiger partial charge in [-0.3, -0.25) is 9.67 Å². The van der Waals surface area contributed by atoms with E-state index in [-0.39, 0.29) is 17.2 Å². The number of nitrogens with one attached hydrogen (secondary N) is 1. The minimum atomic E-state index is -3.83. The molecule has 0 saturated heterocycles. The van der Waals surface area contributed by atoms with E-state index in [1.54, 1.807) is 36.3 Å². The number of hydrogen-bond acceptors (Lipinski definition) is 5. The fourth-order valence-corrected chi connectivity index (χ4v) is 3.93. The molecule has 0 atom stereocenters. The van der Waals surface area contributed by atoms with Gasteiger partial charge < -0.3 is 4.74 Å². The molecule has 0 amide bonds. The third-order valence-corrected chi connectivity index (χ3v) is 5.39. The molecule has 136 valence electrons. The van der Waals surface area contributed by atoms with Gasteiger partial charge in [-0.2, -0.15) is 5.10 Å². The number of benzene rings is 1. The molecule has 9 heteroatoms. The Kier molecular flexibility index (Phi) is 5.26. The minimum Gasteiger partial charge on any atom is -0.495 e. The van der Waals surface area contributed by atoms with Gasteiger partial charge in [0.25, 0.3) is 0 Å². The number of nitrogens with zero attached hydrogens (tertiary/aromatic N) is 3. The summed E-state index contributed by atoms with van der Waals surface area (Å²) in [5, 5.41) is 4.44. The molecule has 3 aromatic rings. The van der Waals surface area contributed by atoms with Crippen LogP contribution >= 0.6 is 11.6 Å². The molecule has 0 aliphatic heterocycles. The van der Waals surface area contributed by atoms with Crippen molar-refractivity contribution in [3.63, 3.8) is 0 Å². The molecule has 2 aromatic heterocycles. The number of methoxy groups -OCH3 is 1. The van der Waals surface area contributed by atoms with Crippen LogP contribution in [0.3, 0.4) is 0 Å². The number of ether oxygens (including phenoxy) is 1. The third-order valence-electron chi connectivity index (χ3n) is 3.74. The second kappa shape index (κ2) is 7.45. The molecule has 26 heavy (non-hydrogen) atoms. The Labute approximate surface area is 156 Å². The maximum Gasteiger partial charge on any atom is 0.244 e. The largest absolute Gasteiger partial charge is 0.495 e. The van der Waals surface area contributed by atoms with Crippen molar-refractivity contribution >= 4 is 21.6 Å². The molecule has 0 spiro atoms. The van der Waals surface area contributed by atoms with Gasteiger partial charge in [-0.05, 0) is 29.8 Å². The zero-order chi connectivity index (χ0) is 18.7. The molecular weight excluding hydrogens is 376 g/mol. The van der Waals surface area contributed by atoms with E-state index >= 15 is 0 Å². The van der Waals surface area contributed by atoms with E-state index in [1.807, 2.05) is 12.3 Å². The summed E-state index contributed by atoms with van der Waals surface area (Å²) in [5.41, 5.74) is 2.20. The Morgan fingerprint density at radius 3 is 2.81 bits per heavy atom. The number of rotatable bonds is 6. The Hall–Kier alpha value is -2.42. The monoisotopic (exact) mass is 392 g/mol. The summed E-state index contributed by atoms with van der Waals surface area (Å²) in [6, 6.07) is 8.01. The van der Waals surface area contributed by atoms with Crippen LogP contribution in [0.4, 0.5) is 0 Å². The summed E-state index contributed by atoms with van der Waals surface area (Å²) in [5.74, 6) is 0.223. The molecule has 1 aromatic carbocycles. The Bertz CT molecular complexity index is 1030. The van der Waals surface area contributed by atoms with Crippen LogP contribution in [-0.2, 0) is 23.6 Å². The summed E-state index contributed by atoms with van der Waals surface area (Å²) in [4.78, 5) is 4.34. The second-order valence-electron chi connectivity index (χ2n) is 5.53. The van der Waals surface area contributed by atoms with Crippen molar-refractivity contribution in [1.29, 1.82) is 0 Å². The van der Waals surface area contributed by atoms with Gasteiger partial charge >= 0.3 is 0 Å². The van der Waals surface area contributed by atoms with Crippen LogP contribution in [0, 0.1) is 0 Å². The molecule has 0 radical (unpaired) electrons. The van der Waals surface area contributed by atoms with Gasteiger partial charge in [0.2, 0.25) is 10.0 Å². The summed E-state index contributed by atoms with van der Waals surface area (Å²) < 4.78 is 34.8. The maximum absolute atomic E-state index is 12.7. The number of sulfonamides is 1. The first-order valence-electron chi connectivity index (χ1n) is 7.67. The van der Waals surface area contributed by atoms with Crippen molar-refractivity contribution in [1.82, 2.24) is 19.5 Å². The predicted octanol–water partition coefficient (Wildman–Crippen LogP) is 2.62. The summed E-state index contributed by atoms with van der Waals surface area (Å²) in [6.45, 7) is 0.0655. The molecule has 7 nitrogen and oxygen atoms in total. The van der Waals surface area contributed by atoms with Crippen molar-refractivity contribution in [2.45, 2.75) is 11.4 Å². The first kappa shape index (κ1) is 18.4. The van der Waals surface area contributed by atoms with Crippen LogP contribution < -0.4 is 9.46 Å². The van der Waals surface area contributed by atoms with E-state index in [4.69, 9.17) is 16.3 Å². The molecule has 0 unspecified atom stereocenters. The highest BCUT2D eigenvalue weighted by Crippen LogP contribution is 2.27. The van der Waals surface area contributed by atoms with E-state index in [0.717, 1.165) is 11.1 Å². The van der Waals surface area contributed by atoms with Gasteiger partial charge in [0, 0.05) is 36.6 Å². The molecule has 0 fully saturated rings. The van der Waals surface area contributed by atoms with Crippen LogP contribution in [0.15, 0.2) is 53.8 Å². The average molecular weight is 393 g/mol. The SMILES string of the molecule is COc1ccc(Cl)cc1S(=O)(=O)NCc1cccnc1-c1cnn(C)c1. The van der Waals surface area contributed by atoms with Crippen LogP contribution in [0.2, 0.25) is 5.02 Å². The van der Waals surface area contributed by atoms with Crippen molar-refractivity contribution in [3.05, 3.63) is 59.5 Å². The van der Waals surface area contributed by atoms with Gasteiger partial charge in [0.15, 0.2) is 0 Å². The standard InChI is InChI=1S/C17H17ClN4O3S/c1-22-11-13(9-20-22)17-12(4-3-7-19-17)10-21-26(23,24)16-8-14(18)5-6-15(16)25-2/h3-9,11,21H,10H2,1-2H3.